The summed E-state index contributed by atoms with van der Waals surface area (Å²) >= 11 is 5.47. The first-order valence-corrected chi connectivity index (χ1v) is 6.11. The largest absolute Gasteiger partial charge is 0.244 e. The van der Waals surface area contributed by atoms with E-state index in [-0.39, 0.29) is 0 Å². The number of halogens is 1. The van der Waals surface area contributed by atoms with Gasteiger partial charge in [0.2, 0.25) is 0 Å². The summed E-state index contributed by atoms with van der Waals surface area (Å²) in [6.07, 6.45) is 5.44. The van der Waals surface area contributed by atoms with Crippen molar-refractivity contribution in [3.8, 4) is 0 Å². The molecule has 0 aromatic carbocycles. The van der Waals surface area contributed by atoms with Gasteiger partial charge in [-0.2, -0.15) is 0 Å². The summed E-state index contributed by atoms with van der Waals surface area (Å²) in [6, 6.07) is 0. The Labute approximate surface area is 84.3 Å². The van der Waals surface area contributed by atoms with Crippen LogP contribution in [0.4, 0.5) is 0 Å². The fraction of sp³-hybridized carbons (Fsp3) is 0.667. The van der Waals surface area contributed by atoms with Gasteiger partial charge in [-0.1, -0.05) is 0 Å². The third kappa shape index (κ3) is 1.23. The van der Waals surface area contributed by atoms with E-state index in [0.29, 0.717) is 0 Å². The summed E-state index contributed by atoms with van der Waals surface area (Å²) in [5, 5.41) is 1.38. The molecule has 0 unspecified atom stereocenters. The molecule has 1 aromatic rings. The molecule has 2 aliphatic rings. The van der Waals surface area contributed by atoms with Crippen molar-refractivity contribution in [2.45, 2.75) is 37.5 Å². The predicted octanol–water partition coefficient (Wildman–Crippen LogP) is 3.66. The molecule has 0 bridgehead atoms. The Balaban J connectivity index is 1.96. The van der Waals surface area contributed by atoms with Crippen LogP contribution in [0.3, 0.4) is 0 Å². The van der Waals surface area contributed by atoms with Gasteiger partial charge in [0.15, 0.2) is 0 Å². The normalized spacial score (nSPS) is 23.1. The third-order valence-corrected chi connectivity index (χ3v) is 4.43. The Hall–Kier alpha value is 0.110. The SMILES string of the molecule is Brc1sc(C2CC2)nc1C1CC1. The first-order chi connectivity index (χ1) is 5.84. The number of aromatic nitrogens is 1. The Morgan fingerprint density at radius 2 is 1.83 bits per heavy atom. The first kappa shape index (κ1) is 7.51. The van der Waals surface area contributed by atoms with Crippen molar-refractivity contribution >= 4 is 27.3 Å². The zero-order valence-corrected chi connectivity index (χ0v) is 9.12. The highest BCUT2D eigenvalue weighted by atomic mass is 79.9. The lowest BCUT2D eigenvalue weighted by Gasteiger charge is -1.88. The van der Waals surface area contributed by atoms with Crippen LogP contribution in [0.2, 0.25) is 0 Å². The molecule has 3 heteroatoms. The molecular formula is C9H10BrNS. The maximum Gasteiger partial charge on any atom is 0.0971 e. The Morgan fingerprint density at radius 1 is 1.17 bits per heavy atom. The van der Waals surface area contributed by atoms with Crippen molar-refractivity contribution in [1.82, 2.24) is 4.98 Å². The third-order valence-electron chi connectivity index (χ3n) is 2.52. The molecule has 2 aliphatic carbocycles. The number of hydrogen-bond donors (Lipinski definition) is 0. The van der Waals surface area contributed by atoms with Gasteiger partial charge >= 0.3 is 0 Å². The van der Waals surface area contributed by atoms with Crippen LogP contribution < -0.4 is 0 Å². The molecule has 0 aliphatic heterocycles. The molecule has 0 spiro atoms. The predicted molar refractivity (Wildman–Crippen MR) is 53.8 cm³/mol. The average molecular weight is 244 g/mol. The summed E-state index contributed by atoms with van der Waals surface area (Å²) in [5.41, 5.74) is 1.35. The zero-order valence-electron chi connectivity index (χ0n) is 6.72. The minimum absolute atomic E-state index is 0.795. The summed E-state index contributed by atoms with van der Waals surface area (Å²) < 4.78 is 1.30. The number of thiazole rings is 1. The van der Waals surface area contributed by atoms with Crippen molar-refractivity contribution in [3.63, 3.8) is 0 Å². The second-order valence-electron chi connectivity index (χ2n) is 3.76. The van der Waals surface area contributed by atoms with Crippen molar-refractivity contribution < 1.29 is 0 Å². The standard InChI is InChI=1S/C9H10BrNS/c10-8-7(5-1-2-5)11-9(12-8)6-3-4-6/h5-6H,1-4H2. The van der Waals surface area contributed by atoms with E-state index < -0.39 is 0 Å². The Bertz CT molecular complexity index is 312. The highest BCUT2D eigenvalue weighted by Gasteiger charge is 2.33. The van der Waals surface area contributed by atoms with E-state index in [0.717, 1.165) is 11.8 Å². The van der Waals surface area contributed by atoms with E-state index in [1.54, 1.807) is 0 Å². The summed E-state index contributed by atoms with van der Waals surface area (Å²) in [7, 11) is 0. The lowest BCUT2D eigenvalue weighted by Crippen LogP contribution is -1.81. The van der Waals surface area contributed by atoms with E-state index in [9.17, 15) is 0 Å². The lowest BCUT2D eigenvalue weighted by molar-refractivity contribution is 0.983. The van der Waals surface area contributed by atoms with Crippen LogP contribution in [0.25, 0.3) is 0 Å². The van der Waals surface area contributed by atoms with Crippen LogP contribution in [-0.2, 0) is 0 Å². The second-order valence-corrected chi connectivity index (χ2v) is 6.11. The highest BCUT2D eigenvalue weighted by molar-refractivity contribution is 9.11. The van der Waals surface area contributed by atoms with Gasteiger partial charge in [-0.3, -0.25) is 0 Å². The average Bonchev–Trinajstić information content (AvgIpc) is 2.93. The molecule has 1 aromatic heterocycles. The zero-order chi connectivity index (χ0) is 8.13. The first-order valence-electron chi connectivity index (χ1n) is 4.50. The maximum atomic E-state index is 4.71. The van der Waals surface area contributed by atoms with Gasteiger partial charge in [0.25, 0.3) is 0 Å². The van der Waals surface area contributed by atoms with Crippen LogP contribution in [0.15, 0.2) is 3.79 Å². The molecule has 0 radical (unpaired) electrons. The number of hydrogen-bond acceptors (Lipinski definition) is 2. The fourth-order valence-electron chi connectivity index (χ4n) is 1.44. The van der Waals surface area contributed by atoms with Crippen LogP contribution in [0.5, 0.6) is 0 Å². The quantitative estimate of drug-likeness (QED) is 0.773. The van der Waals surface area contributed by atoms with Gasteiger partial charge in [-0.15, -0.1) is 11.3 Å². The lowest BCUT2D eigenvalue weighted by atomic mass is 10.3. The van der Waals surface area contributed by atoms with Crippen molar-refractivity contribution in [1.29, 1.82) is 0 Å². The van der Waals surface area contributed by atoms with Crippen molar-refractivity contribution in [2.24, 2.45) is 0 Å². The van der Waals surface area contributed by atoms with Crippen LogP contribution in [0, 0.1) is 0 Å². The van der Waals surface area contributed by atoms with E-state index in [4.69, 9.17) is 4.98 Å². The summed E-state index contributed by atoms with van der Waals surface area (Å²) in [5.74, 6) is 1.61. The van der Waals surface area contributed by atoms with E-state index in [1.165, 1.54) is 40.2 Å². The molecule has 2 saturated carbocycles. The number of rotatable bonds is 2. The molecule has 0 saturated heterocycles. The van der Waals surface area contributed by atoms with Crippen molar-refractivity contribution in [2.75, 3.05) is 0 Å². The Kier molecular flexibility index (Phi) is 1.59. The molecule has 0 atom stereocenters. The summed E-state index contributed by atoms with van der Waals surface area (Å²) in [4.78, 5) is 4.71. The highest BCUT2D eigenvalue weighted by Crippen LogP contribution is 2.49. The smallest absolute Gasteiger partial charge is 0.0971 e. The van der Waals surface area contributed by atoms with Crippen LogP contribution >= 0.6 is 27.3 Å². The van der Waals surface area contributed by atoms with Crippen LogP contribution in [-0.4, -0.2) is 4.98 Å². The second kappa shape index (κ2) is 2.55. The minimum Gasteiger partial charge on any atom is -0.244 e. The van der Waals surface area contributed by atoms with Gasteiger partial charge < -0.3 is 0 Å². The maximum absolute atomic E-state index is 4.71. The summed E-state index contributed by atoms with van der Waals surface area (Å²) in [6.45, 7) is 0. The number of nitrogens with zero attached hydrogens (tertiary/aromatic N) is 1. The molecule has 0 amide bonds. The van der Waals surface area contributed by atoms with Gasteiger partial charge in [0.05, 0.1) is 14.5 Å². The topological polar surface area (TPSA) is 12.9 Å². The molecule has 0 N–H and O–H groups in total. The molecule has 1 heterocycles. The van der Waals surface area contributed by atoms with E-state index in [1.807, 2.05) is 11.3 Å². The fourth-order valence-corrected chi connectivity index (χ4v) is 3.40. The van der Waals surface area contributed by atoms with E-state index >= 15 is 0 Å². The molecule has 1 nitrogen and oxygen atoms in total. The monoisotopic (exact) mass is 243 g/mol. The van der Waals surface area contributed by atoms with Gasteiger partial charge in [0, 0.05) is 11.8 Å². The molecule has 64 valence electrons. The Morgan fingerprint density at radius 3 is 2.42 bits per heavy atom. The molecule has 2 fully saturated rings. The van der Waals surface area contributed by atoms with Gasteiger partial charge in [-0.05, 0) is 41.6 Å². The van der Waals surface area contributed by atoms with Crippen molar-refractivity contribution in [3.05, 3.63) is 14.5 Å². The van der Waals surface area contributed by atoms with E-state index in [2.05, 4.69) is 15.9 Å². The molecule has 12 heavy (non-hydrogen) atoms. The van der Waals surface area contributed by atoms with Gasteiger partial charge in [-0.25, -0.2) is 4.98 Å². The van der Waals surface area contributed by atoms with Gasteiger partial charge in [0.1, 0.15) is 0 Å². The molecular weight excluding hydrogens is 234 g/mol. The molecule has 3 rings (SSSR count). The van der Waals surface area contributed by atoms with Crippen LogP contribution in [0.1, 0.15) is 48.2 Å². The minimum atomic E-state index is 0.795.